The number of aromatic amines is 1. The van der Waals surface area contributed by atoms with E-state index in [0.717, 1.165) is 10.9 Å². The van der Waals surface area contributed by atoms with E-state index in [-0.39, 0.29) is 36.3 Å². The summed E-state index contributed by atoms with van der Waals surface area (Å²) in [5.74, 6) is -0.923. The van der Waals surface area contributed by atoms with E-state index in [1.165, 1.54) is 12.1 Å². The molecule has 8 heteroatoms. The third kappa shape index (κ3) is 4.96. The molecular formula is C24H25FN4O3. The average molecular weight is 436 g/mol. The van der Waals surface area contributed by atoms with Gasteiger partial charge in [0, 0.05) is 49.9 Å². The SMILES string of the molecule is O=C(CCCC(=O)N1CCN(C(=O)c2cc3ccccc3[nH]2)CC1)Nc1ccccc1F. The van der Waals surface area contributed by atoms with Gasteiger partial charge in [0.15, 0.2) is 0 Å². The highest BCUT2D eigenvalue weighted by Gasteiger charge is 2.25. The fourth-order valence-corrected chi connectivity index (χ4v) is 3.85. The van der Waals surface area contributed by atoms with Gasteiger partial charge in [-0.25, -0.2) is 4.39 Å². The molecule has 2 aromatic carbocycles. The number of para-hydroxylation sites is 2. The lowest BCUT2D eigenvalue weighted by Gasteiger charge is -2.34. The first-order valence-electron chi connectivity index (χ1n) is 10.7. The van der Waals surface area contributed by atoms with Gasteiger partial charge in [-0.15, -0.1) is 0 Å². The predicted octanol–water partition coefficient (Wildman–Crippen LogP) is 3.40. The number of carbonyl (C=O) groups excluding carboxylic acids is 3. The zero-order valence-corrected chi connectivity index (χ0v) is 17.6. The van der Waals surface area contributed by atoms with Gasteiger partial charge in [-0.3, -0.25) is 14.4 Å². The van der Waals surface area contributed by atoms with Crippen LogP contribution in [0.25, 0.3) is 10.9 Å². The van der Waals surface area contributed by atoms with Crippen LogP contribution in [0.15, 0.2) is 54.6 Å². The van der Waals surface area contributed by atoms with Crippen LogP contribution in [0.1, 0.15) is 29.8 Å². The standard InChI is InChI=1S/C24H25FN4O3/c25-18-7-2-4-9-20(18)27-22(30)10-5-11-23(31)28-12-14-29(15-13-28)24(32)21-16-17-6-1-3-8-19(17)26-21/h1-4,6-9,16,26H,5,10-15H2,(H,27,30). The quantitative estimate of drug-likeness (QED) is 0.621. The number of amides is 3. The van der Waals surface area contributed by atoms with Crippen molar-refractivity contribution in [1.82, 2.24) is 14.8 Å². The van der Waals surface area contributed by atoms with E-state index < -0.39 is 5.82 Å². The predicted molar refractivity (Wildman–Crippen MR) is 120 cm³/mol. The van der Waals surface area contributed by atoms with Gasteiger partial charge >= 0.3 is 0 Å². The largest absolute Gasteiger partial charge is 0.351 e. The summed E-state index contributed by atoms with van der Waals surface area (Å²) in [4.78, 5) is 43.9. The Labute approximate surface area is 185 Å². The Morgan fingerprint density at radius 2 is 1.59 bits per heavy atom. The van der Waals surface area contributed by atoms with Gasteiger partial charge < -0.3 is 20.1 Å². The van der Waals surface area contributed by atoms with E-state index >= 15 is 0 Å². The minimum atomic E-state index is -0.489. The number of H-pyrrole nitrogens is 1. The van der Waals surface area contributed by atoms with E-state index in [1.807, 2.05) is 30.3 Å². The van der Waals surface area contributed by atoms with Crippen LogP contribution in [-0.2, 0) is 9.59 Å². The highest BCUT2D eigenvalue weighted by Crippen LogP contribution is 2.17. The first kappa shape index (κ1) is 21.5. The zero-order chi connectivity index (χ0) is 22.5. The van der Waals surface area contributed by atoms with Crippen molar-refractivity contribution < 1.29 is 18.8 Å². The van der Waals surface area contributed by atoms with Crippen molar-refractivity contribution in [2.75, 3.05) is 31.5 Å². The Hall–Kier alpha value is -3.68. The molecule has 1 fully saturated rings. The van der Waals surface area contributed by atoms with Crippen LogP contribution in [0.4, 0.5) is 10.1 Å². The van der Waals surface area contributed by atoms with Crippen LogP contribution >= 0.6 is 0 Å². The topological polar surface area (TPSA) is 85.5 Å². The summed E-state index contributed by atoms with van der Waals surface area (Å²) in [5.41, 5.74) is 1.61. The lowest BCUT2D eigenvalue weighted by Crippen LogP contribution is -2.50. The molecule has 166 valence electrons. The second kappa shape index (κ2) is 9.64. The number of aromatic nitrogens is 1. The number of halogens is 1. The molecule has 1 aromatic heterocycles. The molecule has 1 aliphatic heterocycles. The summed E-state index contributed by atoms with van der Waals surface area (Å²) in [6, 6.07) is 15.6. The lowest BCUT2D eigenvalue weighted by atomic mass is 10.2. The van der Waals surface area contributed by atoms with E-state index in [2.05, 4.69) is 10.3 Å². The summed E-state index contributed by atoms with van der Waals surface area (Å²) < 4.78 is 13.6. The molecule has 7 nitrogen and oxygen atoms in total. The van der Waals surface area contributed by atoms with Gasteiger partial charge in [0.1, 0.15) is 11.5 Å². The Bertz CT molecular complexity index is 1100. The number of rotatable bonds is 6. The average Bonchev–Trinajstić information content (AvgIpc) is 3.24. The van der Waals surface area contributed by atoms with Crippen LogP contribution in [-0.4, -0.2) is 58.7 Å². The van der Waals surface area contributed by atoms with Crippen molar-refractivity contribution in [3.05, 3.63) is 66.1 Å². The zero-order valence-electron chi connectivity index (χ0n) is 17.6. The fraction of sp³-hybridized carbons (Fsp3) is 0.292. The van der Waals surface area contributed by atoms with Gasteiger partial charge in [0.05, 0.1) is 5.69 Å². The number of fused-ring (bicyclic) bond motifs is 1. The van der Waals surface area contributed by atoms with Crippen LogP contribution in [0.3, 0.4) is 0 Å². The minimum absolute atomic E-state index is 0.0404. The van der Waals surface area contributed by atoms with E-state index in [1.54, 1.807) is 21.9 Å². The van der Waals surface area contributed by atoms with E-state index in [4.69, 9.17) is 0 Å². The molecule has 2 heterocycles. The van der Waals surface area contributed by atoms with Crippen molar-refractivity contribution in [1.29, 1.82) is 0 Å². The van der Waals surface area contributed by atoms with Crippen LogP contribution < -0.4 is 5.32 Å². The molecule has 0 unspecified atom stereocenters. The maximum atomic E-state index is 13.6. The molecule has 1 saturated heterocycles. The molecule has 4 rings (SSSR count). The number of hydrogen-bond acceptors (Lipinski definition) is 3. The number of piperazine rings is 1. The Balaban J connectivity index is 1.21. The molecule has 0 atom stereocenters. The Kier molecular flexibility index (Phi) is 6.49. The van der Waals surface area contributed by atoms with Gasteiger partial charge in [0.25, 0.3) is 5.91 Å². The Morgan fingerprint density at radius 1 is 0.906 bits per heavy atom. The van der Waals surface area contributed by atoms with Crippen molar-refractivity contribution in [3.8, 4) is 0 Å². The molecular weight excluding hydrogens is 411 g/mol. The number of benzene rings is 2. The van der Waals surface area contributed by atoms with Gasteiger partial charge in [0.2, 0.25) is 11.8 Å². The van der Waals surface area contributed by atoms with E-state index in [0.29, 0.717) is 38.3 Å². The van der Waals surface area contributed by atoms with Crippen molar-refractivity contribution >= 4 is 34.3 Å². The maximum absolute atomic E-state index is 13.6. The van der Waals surface area contributed by atoms with E-state index in [9.17, 15) is 18.8 Å². The number of anilines is 1. The fourth-order valence-electron chi connectivity index (χ4n) is 3.85. The summed E-state index contributed by atoms with van der Waals surface area (Å²) in [5, 5.41) is 3.51. The summed E-state index contributed by atoms with van der Waals surface area (Å²) >= 11 is 0. The van der Waals surface area contributed by atoms with Gasteiger partial charge in [-0.05, 0) is 30.7 Å². The molecule has 3 amide bonds. The maximum Gasteiger partial charge on any atom is 0.270 e. The summed E-state index contributed by atoms with van der Waals surface area (Å²) in [6.45, 7) is 1.86. The van der Waals surface area contributed by atoms with Gasteiger partial charge in [-0.1, -0.05) is 30.3 Å². The third-order valence-corrected chi connectivity index (χ3v) is 5.62. The second-order valence-corrected chi connectivity index (χ2v) is 7.82. The molecule has 0 saturated carbocycles. The molecule has 0 bridgehead atoms. The van der Waals surface area contributed by atoms with Crippen LogP contribution in [0.2, 0.25) is 0 Å². The van der Waals surface area contributed by atoms with Crippen LogP contribution in [0.5, 0.6) is 0 Å². The monoisotopic (exact) mass is 436 g/mol. The third-order valence-electron chi connectivity index (χ3n) is 5.62. The highest BCUT2D eigenvalue weighted by atomic mass is 19.1. The second-order valence-electron chi connectivity index (χ2n) is 7.82. The summed E-state index contributed by atoms with van der Waals surface area (Å²) in [6.07, 6.45) is 0.757. The van der Waals surface area contributed by atoms with Crippen molar-refractivity contribution in [2.24, 2.45) is 0 Å². The van der Waals surface area contributed by atoms with Gasteiger partial charge in [-0.2, -0.15) is 0 Å². The lowest BCUT2D eigenvalue weighted by molar-refractivity contribution is -0.132. The highest BCUT2D eigenvalue weighted by molar-refractivity contribution is 5.98. The number of nitrogens with zero attached hydrogens (tertiary/aromatic N) is 2. The first-order valence-corrected chi connectivity index (χ1v) is 10.7. The molecule has 0 aliphatic carbocycles. The minimum Gasteiger partial charge on any atom is -0.351 e. The molecule has 3 aromatic rings. The molecule has 0 radical (unpaired) electrons. The van der Waals surface area contributed by atoms with Crippen LogP contribution in [0, 0.1) is 5.82 Å². The Morgan fingerprint density at radius 3 is 2.34 bits per heavy atom. The molecule has 0 spiro atoms. The number of carbonyl (C=O) groups is 3. The first-order chi connectivity index (χ1) is 15.5. The summed E-state index contributed by atoms with van der Waals surface area (Å²) in [7, 11) is 0. The van der Waals surface area contributed by atoms with Crippen molar-refractivity contribution in [2.45, 2.75) is 19.3 Å². The number of nitrogens with one attached hydrogen (secondary N) is 2. The molecule has 1 aliphatic rings. The molecule has 32 heavy (non-hydrogen) atoms. The smallest absolute Gasteiger partial charge is 0.270 e. The normalized spacial score (nSPS) is 13.9. The van der Waals surface area contributed by atoms with Crippen molar-refractivity contribution in [3.63, 3.8) is 0 Å². The molecule has 2 N–H and O–H groups in total. The number of hydrogen-bond donors (Lipinski definition) is 2.